The van der Waals surface area contributed by atoms with Crippen LogP contribution in [0.4, 0.5) is 0 Å². The van der Waals surface area contributed by atoms with E-state index in [4.69, 9.17) is 0 Å². The highest BCUT2D eigenvalue weighted by Crippen LogP contribution is 2.06. The van der Waals surface area contributed by atoms with Gasteiger partial charge in [-0.1, -0.05) is 0 Å². The Kier molecular flexibility index (Phi) is 3.52. The summed E-state index contributed by atoms with van der Waals surface area (Å²) in [4.78, 5) is 11.2. The minimum Gasteiger partial charge on any atom is -0.352 e. The van der Waals surface area contributed by atoms with Crippen molar-refractivity contribution >= 4 is 28.5 Å². The molecule has 3 heteroatoms. The summed E-state index contributed by atoms with van der Waals surface area (Å²) in [6.45, 7) is 2.58. The number of nitrogens with one attached hydrogen (secondary N) is 1. The molecule has 1 N–H and O–H groups in total. The van der Waals surface area contributed by atoms with Crippen LogP contribution in [0.25, 0.3) is 0 Å². The summed E-state index contributed by atoms with van der Waals surface area (Å²) in [5.74, 6) is -0.00565. The van der Waals surface area contributed by atoms with Gasteiger partial charge >= 0.3 is 0 Å². The molecule has 0 radical (unpaired) electrons. The fourth-order valence-electron chi connectivity index (χ4n) is 0.864. The number of carbonyl (C=O) groups excluding carboxylic acids is 1. The normalized spacial score (nSPS) is 9.50. The number of amides is 1. The van der Waals surface area contributed by atoms with Crippen LogP contribution in [0.5, 0.6) is 0 Å². The van der Waals surface area contributed by atoms with Crippen molar-refractivity contribution in [3.05, 3.63) is 33.4 Å². The van der Waals surface area contributed by atoms with Crippen LogP contribution in [0.2, 0.25) is 0 Å². The fourth-order valence-corrected chi connectivity index (χ4v) is 1.22. The van der Waals surface area contributed by atoms with Crippen molar-refractivity contribution in [1.82, 2.24) is 5.32 Å². The molecule has 1 rings (SSSR count). The first kappa shape index (κ1) is 9.51. The first-order valence-electron chi connectivity index (χ1n) is 3.78. The van der Waals surface area contributed by atoms with Crippen LogP contribution in [0.1, 0.15) is 17.3 Å². The molecule has 1 amide bonds. The summed E-state index contributed by atoms with van der Waals surface area (Å²) in [5, 5.41) is 2.74. The van der Waals surface area contributed by atoms with Gasteiger partial charge in [0.2, 0.25) is 0 Å². The molecular weight excluding hydrogens is 265 g/mol. The Labute approximate surface area is 85.5 Å². The Morgan fingerprint density at radius 1 is 1.42 bits per heavy atom. The van der Waals surface area contributed by atoms with Gasteiger partial charge in [0.1, 0.15) is 0 Å². The van der Waals surface area contributed by atoms with Crippen molar-refractivity contribution in [2.45, 2.75) is 6.92 Å². The van der Waals surface area contributed by atoms with Gasteiger partial charge in [0.15, 0.2) is 0 Å². The molecule has 12 heavy (non-hydrogen) atoms. The molecule has 0 aromatic heterocycles. The quantitative estimate of drug-likeness (QED) is 0.822. The molecule has 0 heterocycles. The van der Waals surface area contributed by atoms with Crippen molar-refractivity contribution in [2.24, 2.45) is 0 Å². The molecule has 1 aromatic carbocycles. The molecule has 0 spiro atoms. The van der Waals surface area contributed by atoms with Gasteiger partial charge in [0, 0.05) is 15.7 Å². The van der Waals surface area contributed by atoms with E-state index in [2.05, 4.69) is 27.9 Å². The second-order valence-corrected chi connectivity index (χ2v) is 3.61. The van der Waals surface area contributed by atoms with E-state index >= 15 is 0 Å². The summed E-state index contributed by atoms with van der Waals surface area (Å²) >= 11 is 2.21. The van der Waals surface area contributed by atoms with Gasteiger partial charge in [-0.05, 0) is 53.8 Å². The Hall–Kier alpha value is -0.580. The predicted molar refractivity (Wildman–Crippen MR) is 57.2 cm³/mol. The molecule has 0 unspecified atom stereocenters. The zero-order valence-corrected chi connectivity index (χ0v) is 8.96. The summed E-state index contributed by atoms with van der Waals surface area (Å²) in [6.07, 6.45) is 0. The second-order valence-electron chi connectivity index (χ2n) is 2.37. The average molecular weight is 275 g/mol. The van der Waals surface area contributed by atoms with Crippen molar-refractivity contribution in [3.8, 4) is 0 Å². The second kappa shape index (κ2) is 4.45. The van der Waals surface area contributed by atoms with Crippen molar-refractivity contribution in [3.63, 3.8) is 0 Å². The number of rotatable bonds is 2. The molecule has 0 fully saturated rings. The van der Waals surface area contributed by atoms with Crippen LogP contribution < -0.4 is 5.32 Å². The van der Waals surface area contributed by atoms with E-state index in [1.807, 2.05) is 31.2 Å². The van der Waals surface area contributed by atoms with E-state index in [-0.39, 0.29) is 5.91 Å². The van der Waals surface area contributed by atoms with E-state index in [1.54, 1.807) is 0 Å². The van der Waals surface area contributed by atoms with Crippen LogP contribution >= 0.6 is 22.6 Å². The fraction of sp³-hybridized carbons (Fsp3) is 0.222. The van der Waals surface area contributed by atoms with Crippen molar-refractivity contribution in [1.29, 1.82) is 0 Å². The van der Waals surface area contributed by atoms with Crippen LogP contribution in [0, 0.1) is 3.57 Å². The lowest BCUT2D eigenvalue weighted by atomic mass is 10.2. The lowest BCUT2D eigenvalue weighted by Crippen LogP contribution is -2.22. The lowest BCUT2D eigenvalue weighted by Gasteiger charge is -2.00. The third-order valence-corrected chi connectivity index (χ3v) is 2.16. The maximum Gasteiger partial charge on any atom is 0.251 e. The highest BCUT2D eigenvalue weighted by molar-refractivity contribution is 14.1. The molecule has 0 aliphatic rings. The number of halogens is 1. The summed E-state index contributed by atoms with van der Waals surface area (Å²) in [7, 11) is 0. The zero-order chi connectivity index (χ0) is 8.97. The highest BCUT2D eigenvalue weighted by atomic mass is 127. The van der Waals surface area contributed by atoms with Gasteiger partial charge in [-0.3, -0.25) is 4.79 Å². The molecule has 0 aliphatic carbocycles. The molecule has 0 aliphatic heterocycles. The maximum atomic E-state index is 11.2. The molecule has 0 saturated carbocycles. The molecular formula is C9H10INO. The summed E-state index contributed by atoms with van der Waals surface area (Å²) in [6, 6.07) is 7.50. The van der Waals surface area contributed by atoms with E-state index in [0.29, 0.717) is 6.54 Å². The first-order chi connectivity index (χ1) is 5.74. The van der Waals surface area contributed by atoms with Gasteiger partial charge < -0.3 is 5.32 Å². The maximum absolute atomic E-state index is 11.2. The molecule has 0 bridgehead atoms. The molecule has 1 aromatic rings. The standard InChI is InChI=1S/C9H10INO/c1-2-11-9(12)7-3-5-8(10)6-4-7/h3-6H,2H2,1H3,(H,11,12). The van der Waals surface area contributed by atoms with E-state index in [0.717, 1.165) is 9.13 Å². The monoisotopic (exact) mass is 275 g/mol. The van der Waals surface area contributed by atoms with Crippen LogP contribution in [-0.2, 0) is 0 Å². The minimum atomic E-state index is -0.00565. The Balaban J connectivity index is 2.75. The van der Waals surface area contributed by atoms with Gasteiger partial charge in [0.25, 0.3) is 5.91 Å². The Morgan fingerprint density at radius 3 is 2.50 bits per heavy atom. The Morgan fingerprint density at radius 2 is 2.00 bits per heavy atom. The van der Waals surface area contributed by atoms with Gasteiger partial charge in [0.05, 0.1) is 0 Å². The number of hydrogen-bond acceptors (Lipinski definition) is 1. The van der Waals surface area contributed by atoms with Gasteiger partial charge in [-0.25, -0.2) is 0 Å². The van der Waals surface area contributed by atoms with Crippen LogP contribution in [0.15, 0.2) is 24.3 Å². The number of hydrogen-bond donors (Lipinski definition) is 1. The first-order valence-corrected chi connectivity index (χ1v) is 4.85. The SMILES string of the molecule is CCNC(=O)c1ccc(I)cc1. The molecule has 0 saturated heterocycles. The van der Waals surface area contributed by atoms with Crippen LogP contribution in [0.3, 0.4) is 0 Å². The van der Waals surface area contributed by atoms with E-state index in [9.17, 15) is 4.79 Å². The largest absolute Gasteiger partial charge is 0.352 e. The molecule has 2 nitrogen and oxygen atoms in total. The predicted octanol–water partition coefficient (Wildman–Crippen LogP) is 2.04. The Bertz CT molecular complexity index is 268. The topological polar surface area (TPSA) is 29.1 Å². The van der Waals surface area contributed by atoms with Gasteiger partial charge in [-0.2, -0.15) is 0 Å². The average Bonchev–Trinajstić information content (AvgIpc) is 2.06. The number of benzene rings is 1. The van der Waals surface area contributed by atoms with Crippen LogP contribution in [-0.4, -0.2) is 12.5 Å². The smallest absolute Gasteiger partial charge is 0.251 e. The van der Waals surface area contributed by atoms with Crippen molar-refractivity contribution < 1.29 is 4.79 Å². The molecule has 0 atom stereocenters. The third-order valence-electron chi connectivity index (χ3n) is 1.44. The summed E-state index contributed by atoms with van der Waals surface area (Å²) in [5.41, 5.74) is 0.720. The van der Waals surface area contributed by atoms with Crippen molar-refractivity contribution in [2.75, 3.05) is 6.54 Å². The summed E-state index contributed by atoms with van der Waals surface area (Å²) < 4.78 is 1.14. The minimum absolute atomic E-state index is 0.00565. The number of carbonyl (C=O) groups is 1. The van der Waals surface area contributed by atoms with E-state index in [1.165, 1.54) is 0 Å². The van der Waals surface area contributed by atoms with Gasteiger partial charge in [-0.15, -0.1) is 0 Å². The zero-order valence-electron chi connectivity index (χ0n) is 6.80. The van der Waals surface area contributed by atoms with E-state index < -0.39 is 0 Å². The highest BCUT2D eigenvalue weighted by Gasteiger charge is 2.01. The molecule has 64 valence electrons. The lowest BCUT2D eigenvalue weighted by molar-refractivity contribution is 0.0956. The third kappa shape index (κ3) is 2.48.